The Morgan fingerprint density at radius 1 is 0.382 bits per heavy atom. The van der Waals surface area contributed by atoms with Gasteiger partial charge in [0.25, 0.3) is 0 Å². The molecule has 0 radical (unpaired) electrons. The van der Waals surface area contributed by atoms with E-state index in [0.717, 1.165) is 61.4 Å². The molecule has 68 heavy (non-hydrogen) atoms. The van der Waals surface area contributed by atoms with Gasteiger partial charge in [-0.3, -0.25) is 0 Å². The van der Waals surface area contributed by atoms with Crippen LogP contribution in [0.15, 0.2) is 247 Å². The molecule has 0 saturated carbocycles. The van der Waals surface area contributed by atoms with Gasteiger partial charge in [0.15, 0.2) is 0 Å². The Morgan fingerprint density at radius 2 is 0.956 bits per heavy atom. The van der Waals surface area contributed by atoms with E-state index in [9.17, 15) is 0 Å². The highest BCUT2D eigenvalue weighted by Crippen LogP contribution is 2.49. The molecule has 0 aliphatic carbocycles. The van der Waals surface area contributed by atoms with Gasteiger partial charge in [-0.15, -0.1) is 11.3 Å². The van der Waals surface area contributed by atoms with Crippen LogP contribution in [0.25, 0.3) is 114 Å². The number of para-hydroxylation sites is 5. The maximum Gasteiger partial charge on any atom is 0.143 e. The summed E-state index contributed by atoms with van der Waals surface area (Å²) in [4.78, 5) is 2.44. The van der Waals surface area contributed by atoms with E-state index in [1.54, 1.807) is 0 Å². The predicted octanol–water partition coefficient (Wildman–Crippen LogP) is 18.7. The Morgan fingerprint density at radius 3 is 1.72 bits per heavy atom. The lowest BCUT2D eigenvalue weighted by Crippen LogP contribution is -2.10. The minimum Gasteiger partial charge on any atom is -0.455 e. The van der Waals surface area contributed by atoms with Crippen molar-refractivity contribution in [3.63, 3.8) is 0 Å². The van der Waals surface area contributed by atoms with Gasteiger partial charge in [-0.1, -0.05) is 176 Å². The summed E-state index contributed by atoms with van der Waals surface area (Å²) < 4.78 is 11.5. The van der Waals surface area contributed by atoms with Gasteiger partial charge >= 0.3 is 0 Å². The van der Waals surface area contributed by atoms with E-state index in [1.807, 2.05) is 17.4 Å². The van der Waals surface area contributed by atoms with Gasteiger partial charge in [-0.25, -0.2) is 0 Å². The van der Waals surface area contributed by atoms with Crippen molar-refractivity contribution in [3.8, 4) is 39.1 Å². The molecule has 0 bridgehead atoms. The van der Waals surface area contributed by atoms with Crippen molar-refractivity contribution >= 4 is 103 Å². The topological polar surface area (TPSA) is 21.3 Å². The fourth-order valence-corrected chi connectivity index (χ4v) is 11.9. The highest BCUT2D eigenvalue weighted by Gasteiger charge is 2.23. The molecule has 0 saturated heterocycles. The second kappa shape index (κ2) is 15.5. The Labute approximate surface area is 396 Å². The van der Waals surface area contributed by atoms with Crippen molar-refractivity contribution in [1.29, 1.82) is 0 Å². The lowest BCUT2D eigenvalue weighted by Gasteiger charge is -2.27. The minimum absolute atomic E-state index is 0.901. The number of thiophene rings is 1. The van der Waals surface area contributed by atoms with Crippen molar-refractivity contribution in [3.05, 3.63) is 243 Å². The van der Waals surface area contributed by atoms with Crippen LogP contribution in [0.4, 0.5) is 17.1 Å². The summed E-state index contributed by atoms with van der Waals surface area (Å²) in [6.07, 6.45) is 0. The highest BCUT2D eigenvalue weighted by atomic mass is 32.1. The molecule has 3 aromatic heterocycles. The first kappa shape index (κ1) is 38.6. The molecule has 0 aliphatic rings. The van der Waals surface area contributed by atoms with Crippen LogP contribution in [0.5, 0.6) is 0 Å². The maximum absolute atomic E-state index is 6.52. The monoisotopic (exact) mass is 884 g/mol. The Bertz CT molecular complexity index is 4210. The number of hydrogen-bond acceptors (Lipinski definition) is 3. The predicted molar refractivity (Wildman–Crippen MR) is 289 cm³/mol. The van der Waals surface area contributed by atoms with Crippen LogP contribution < -0.4 is 4.90 Å². The van der Waals surface area contributed by atoms with Gasteiger partial charge in [0.2, 0.25) is 0 Å². The maximum atomic E-state index is 6.52. The number of nitrogens with zero attached hydrogens (tertiary/aromatic N) is 2. The smallest absolute Gasteiger partial charge is 0.143 e. The van der Waals surface area contributed by atoms with Gasteiger partial charge in [0, 0.05) is 64.2 Å². The standard InChI is InChI=1S/C64H40N2OS/c1-2-15-44-40-45(29-28-41(44)14-1)50-38-39-59(62-55-20-7-12-27-61(55)68-64(50)62)65(47-36-32-43(33-37-47)49-21-13-22-54-53-19-6-11-26-60(53)67-63(49)54)46-34-30-42(31-35-46)48-16-3-8-23-56(48)66-57-24-9-4-17-51(57)52-18-5-10-25-58(52)66/h1-40H. The average molecular weight is 885 g/mol. The van der Waals surface area contributed by atoms with Crippen LogP contribution in [0.3, 0.4) is 0 Å². The Balaban J connectivity index is 0.950. The zero-order valence-electron chi connectivity index (χ0n) is 36.8. The molecule has 0 amide bonds. The van der Waals surface area contributed by atoms with E-state index in [2.05, 4.69) is 246 Å². The summed E-state index contributed by atoms with van der Waals surface area (Å²) in [7, 11) is 0. The molecule has 14 rings (SSSR count). The summed E-state index contributed by atoms with van der Waals surface area (Å²) in [5.74, 6) is 0. The second-order valence-electron chi connectivity index (χ2n) is 17.6. The lowest BCUT2D eigenvalue weighted by atomic mass is 9.97. The molecular weight excluding hydrogens is 845 g/mol. The van der Waals surface area contributed by atoms with E-state index in [4.69, 9.17) is 4.42 Å². The molecule has 318 valence electrons. The molecule has 4 heteroatoms. The van der Waals surface area contributed by atoms with E-state index in [0.29, 0.717) is 0 Å². The van der Waals surface area contributed by atoms with Gasteiger partial charge in [0.05, 0.1) is 22.4 Å². The fraction of sp³-hybridized carbons (Fsp3) is 0. The number of rotatable bonds is 7. The summed E-state index contributed by atoms with van der Waals surface area (Å²) in [6, 6.07) is 88.2. The first-order chi connectivity index (χ1) is 33.7. The summed E-state index contributed by atoms with van der Waals surface area (Å²) >= 11 is 1.87. The largest absolute Gasteiger partial charge is 0.455 e. The molecule has 0 atom stereocenters. The quantitative estimate of drug-likeness (QED) is 0.159. The van der Waals surface area contributed by atoms with Crippen molar-refractivity contribution in [2.75, 3.05) is 4.90 Å². The first-order valence-electron chi connectivity index (χ1n) is 23.2. The highest BCUT2D eigenvalue weighted by molar-refractivity contribution is 7.26. The van der Waals surface area contributed by atoms with Crippen molar-refractivity contribution in [1.82, 2.24) is 4.57 Å². The number of aromatic nitrogens is 1. The van der Waals surface area contributed by atoms with Crippen LogP contribution in [-0.4, -0.2) is 4.57 Å². The van der Waals surface area contributed by atoms with Gasteiger partial charge in [0.1, 0.15) is 11.2 Å². The van der Waals surface area contributed by atoms with E-state index in [1.165, 1.54) is 69.4 Å². The molecule has 0 unspecified atom stereocenters. The number of benzene rings is 11. The number of hydrogen-bond donors (Lipinski definition) is 0. The molecule has 0 spiro atoms. The summed E-state index contributed by atoms with van der Waals surface area (Å²) in [5.41, 5.74) is 15.6. The Kier molecular flexibility index (Phi) is 8.76. The third-order valence-electron chi connectivity index (χ3n) is 13.8. The number of fused-ring (bicyclic) bond motifs is 10. The molecule has 0 aliphatic heterocycles. The van der Waals surface area contributed by atoms with Crippen molar-refractivity contribution in [2.24, 2.45) is 0 Å². The van der Waals surface area contributed by atoms with Gasteiger partial charge in [-0.05, 0) is 99.8 Å². The minimum atomic E-state index is 0.901. The zero-order valence-corrected chi connectivity index (χ0v) is 37.6. The summed E-state index contributed by atoms with van der Waals surface area (Å²) in [5, 5.41) is 9.74. The van der Waals surface area contributed by atoms with E-state index >= 15 is 0 Å². The molecular formula is C64H40N2OS. The zero-order chi connectivity index (χ0) is 44.7. The number of anilines is 3. The van der Waals surface area contributed by atoms with Crippen molar-refractivity contribution in [2.45, 2.75) is 0 Å². The summed E-state index contributed by atoms with van der Waals surface area (Å²) in [6.45, 7) is 0. The van der Waals surface area contributed by atoms with Crippen LogP contribution in [-0.2, 0) is 0 Å². The van der Waals surface area contributed by atoms with Gasteiger partial charge < -0.3 is 13.9 Å². The normalized spacial score (nSPS) is 11.8. The molecule has 0 fully saturated rings. The molecule has 11 aromatic carbocycles. The third-order valence-corrected chi connectivity index (χ3v) is 15.0. The Hall–Kier alpha value is -8.70. The number of furan rings is 1. The van der Waals surface area contributed by atoms with E-state index < -0.39 is 0 Å². The van der Waals surface area contributed by atoms with Crippen LogP contribution in [0.1, 0.15) is 0 Å². The van der Waals surface area contributed by atoms with E-state index in [-0.39, 0.29) is 0 Å². The fourth-order valence-electron chi connectivity index (χ4n) is 10.7. The molecule has 0 N–H and O–H groups in total. The first-order valence-corrected chi connectivity index (χ1v) is 24.0. The average Bonchev–Trinajstić information content (AvgIpc) is 4.10. The van der Waals surface area contributed by atoms with Crippen molar-refractivity contribution < 1.29 is 4.42 Å². The second-order valence-corrected chi connectivity index (χ2v) is 18.6. The molecule has 3 heterocycles. The van der Waals surface area contributed by atoms with Crippen LogP contribution in [0, 0.1) is 0 Å². The van der Waals surface area contributed by atoms with Crippen LogP contribution in [0.2, 0.25) is 0 Å². The molecule has 3 nitrogen and oxygen atoms in total. The van der Waals surface area contributed by atoms with Crippen LogP contribution >= 0.6 is 11.3 Å². The van der Waals surface area contributed by atoms with Gasteiger partial charge in [-0.2, -0.15) is 0 Å². The molecule has 14 aromatic rings. The lowest BCUT2D eigenvalue weighted by molar-refractivity contribution is 0.670. The third kappa shape index (κ3) is 6.05. The SMILES string of the molecule is c1ccc(-n2c3ccccc3c3ccccc32)c(-c2ccc(N(c3ccc(-c4cccc5c4oc4ccccc45)cc3)c3ccc(-c4ccc5ccccc5c4)c4sc5ccccc5c34)cc2)c1.